The minimum Gasteiger partial charge on any atom is -0.380 e. The van der Waals surface area contributed by atoms with Gasteiger partial charge >= 0.3 is 6.18 Å². The molecular formula is C21H16ClF4N3O3. The van der Waals surface area contributed by atoms with E-state index in [1.165, 1.54) is 35.4 Å². The summed E-state index contributed by atoms with van der Waals surface area (Å²) < 4.78 is 60.9. The smallest absolute Gasteiger partial charge is 0.380 e. The molecule has 0 radical (unpaired) electrons. The molecule has 0 spiro atoms. The van der Waals surface area contributed by atoms with Gasteiger partial charge < -0.3 is 9.64 Å². The number of alkyl halides is 3. The van der Waals surface area contributed by atoms with E-state index in [0.717, 1.165) is 10.5 Å². The van der Waals surface area contributed by atoms with Gasteiger partial charge in [-0.05, 0) is 36.2 Å². The van der Waals surface area contributed by atoms with Crippen LogP contribution in [0.1, 0.15) is 22.5 Å². The van der Waals surface area contributed by atoms with E-state index in [4.69, 9.17) is 16.3 Å². The second kappa shape index (κ2) is 8.51. The summed E-state index contributed by atoms with van der Waals surface area (Å²) in [6, 6.07) is 6.50. The van der Waals surface area contributed by atoms with Crippen molar-refractivity contribution in [3.8, 4) is 11.1 Å². The standard InChI is InChI=1S/C21H16ClF4N3O3/c22-16-17(21(24,25)26)27-18-13(3-1-7-29(18)20(16)31)12-4-5-14(15(23)11-12)19(30)28-6-2-9-32-10-8-28/h1,3-5,7,11H,2,6,8-10H2. The number of carbonyl (C=O) groups is 1. The number of amides is 1. The maximum absolute atomic E-state index is 14.9. The number of carbonyl (C=O) groups excluding carboxylic acids is 1. The largest absolute Gasteiger partial charge is 0.435 e. The molecule has 1 aliphatic rings. The summed E-state index contributed by atoms with van der Waals surface area (Å²) in [5.41, 5.74) is -2.89. The molecule has 32 heavy (non-hydrogen) atoms. The van der Waals surface area contributed by atoms with Gasteiger partial charge in [-0.2, -0.15) is 13.2 Å². The molecular weight excluding hydrogens is 454 g/mol. The molecule has 0 saturated carbocycles. The molecule has 1 saturated heterocycles. The number of hydrogen-bond acceptors (Lipinski definition) is 4. The van der Waals surface area contributed by atoms with Crippen molar-refractivity contribution in [3.05, 3.63) is 69.0 Å². The van der Waals surface area contributed by atoms with Gasteiger partial charge in [0.2, 0.25) is 0 Å². The maximum atomic E-state index is 14.9. The predicted molar refractivity (Wildman–Crippen MR) is 108 cm³/mol. The highest BCUT2D eigenvalue weighted by Crippen LogP contribution is 2.33. The number of pyridine rings is 1. The van der Waals surface area contributed by atoms with E-state index < -0.39 is 34.2 Å². The molecule has 0 atom stereocenters. The van der Waals surface area contributed by atoms with Crippen LogP contribution < -0.4 is 5.56 Å². The third-order valence-electron chi connectivity index (χ3n) is 5.09. The van der Waals surface area contributed by atoms with Crippen LogP contribution in [0.15, 0.2) is 41.3 Å². The van der Waals surface area contributed by atoms with Gasteiger partial charge in [0.25, 0.3) is 11.5 Å². The molecule has 1 aliphatic heterocycles. The Morgan fingerprint density at radius 2 is 1.94 bits per heavy atom. The topological polar surface area (TPSA) is 63.9 Å². The van der Waals surface area contributed by atoms with Gasteiger partial charge in [0.1, 0.15) is 16.5 Å². The van der Waals surface area contributed by atoms with E-state index in [2.05, 4.69) is 4.98 Å². The van der Waals surface area contributed by atoms with Crippen molar-refractivity contribution in [1.29, 1.82) is 0 Å². The predicted octanol–water partition coefficient (Wildman–Crippen LogP) is 4.04. The lowest BCUT2D eigenvalue weighted by Crippen LogP contribution is -2.33. The second-order valence-electron chi connectivity index (χ2n) is 7.15. The van der Waals surface area contributed by atoms with Crippen LogP contribution in [0.2, 0.25) is 5.02 Å². The van der Waals surface area contributed by atoms with Crippen LogP contribution in [0.5, 0.6) is 0 Å². The van der Waals surface area contributed by atoms with Crippen LogP contribution in [-0.2, 0) is 10.9 Å². The number of ether oxygens (including phenoxy) is 1. The zero-order chi connectivity index (χ0) is 23.0. The number of fused-ring (bicyclic) bond motifs is 1. The Labute approximate surface area is 184 Å². The Kier molecular flexibility index (Phi) is 5.91. The molecule has 2 aromatic heterocycles. The van der Waals surface area contributed by atoms with Crippen LogP contribution in [0.3, 0.4) is 0 Å². The van der Waals surface area contributed by atoms with Crippen LogP contribution in [0.4, 0.5) is 17.6 Å². The summed E-state index contributed by atoms with van der Waals surface area (Å²) >= 11 is 5.59. The van der Waals surface area contributed by atoms with Gasteiger partial charge in [0.05, 0.1) is 12.2 Å². The quantitative estimate of drug-likeness (QED) is 0.532. The van der Waals surface area contributed by atoms with Crippen molar-refractivity contribution >= 4 is 23.2 Å². The molecule has 1 amide bonds. The molecule has 168 valence electrons. The van der Waals surface area contributed by atoms with Crippen LogP contribution in [-0.4, -0.2) is 46.5 Å². The van der Waals surface area contributed by atoms with Crippen molar-refractivity contribution in [1.82, 2.24) is 14.3 Å². The molecule has 0 N–H and O–H groups in total. The zero-order valence-electron chi connectivity index (χ0n) is 16.5. The van der Waals surface area contributed by atoms with E-state index in [0.29, 0.717) is 32.7 Å². The monoisotopic (exact) mass is 469 g/mol. The Balaban J connectivity index is 1.79. The average molecular weight is 470 g/mol. The van der Waals surface area contributed by atoms with E-state index in [1.54, 1.807) is 0 Å². The van der Waals surface area contributed by atoms with Gasteiger partial charge in [-0.3, -0.25) is 14.0 Å². The van der Waals surface area contributed by atoms with Crippen molar-refractivity contribution in [3.63, 3.8) is 0 Å². The first-order chi connectivity index (χ1) is 15.2. The first kappa shape index (κ1) is 22.2. The fourth-order valence-corrected chi connectivity index (χ4v) is 3.77. The van der Waals surface area contributed by atoms with E-state index >= 15 is 0 Å². The van der Waals surface area contributed by atoms with Crippen LogP contribution >= 0.6 is 11.6 Å². The summed E-state index contributed by atoms with van der Waals surface area (Å²) in [5, 5.41) is -1.05. The van der Waals surface area contributed by atoms with E-state index in [9.17, 15) is 27.2 Å². The van der Waals surface area contributed by atoms with E-state index in [-0.39, 0.29) is 22.3 Å². The fourth-order valence-electron chi connectivity index (χ4n) is 3.53. The SMILES string of the molecule is O=C(c1ccc(-c2cccn3c(=O)c(Cl)c(C(F)(F)F)nc23)cc1F)N1CCCOCC1. The van der Waals surface area contributed by atoms with Gasteiger partial charge in [0.15, 0.2) is 5.69 Å². The highest BCUT2D eigenvalue weighted by Gasteiger charge is 2.37. The Bertz CT molecular complexity index is 1250. The Morgan fingerprint density at radius 1 is 1.16 bits per heavy atom. The molecule has 0 unspecified atom stereocenters. The lowest BCUT2D eigenvalue weighted by molar-refractivity contribution is -0.141. The summed E-state index contributed by atoms with van der Waals surface area (Å²) in [6.07, 6.45) is -3.10. The summed E-state index contributed by atoms with van der Waals surface area (Å²) in [6.45, 7) is 1.63. The fraction of sp³-hybridized carbons (Fsp3) is 0.286. The first-order valence-electron chi connectivity index (χ1n) is 9.63. The number of nitrogens with zero attached hydrogens (tertiary/aromatic N) is 3. The highest BCUT2D eigenvalue weighted by atomic mass is 35.5. The van der Waals surface area contributed by atoms with Gasteiger partial charge in [-0.1, -0.05) is 17.7 Å². The molecule has 1 fully saturated rings. The number of halogens is 5. The minimum atomic E-state index is -4.95. The average Bonchev–Trinajstić information content (AvgIpc) is 3.04. The Hall–Kier alpha value is -2.98. The minimum absolute atomic E-state index is 0.0767. The summed E-state index contributed by atoms with van der Waals surface area (Å²) in [4.78, 5) is 30.1. The molecule has 1 aromatic carbocycles. The zero-order valence-corrected chi connectivity index (χ0v) is 17.2. The lowest BCUT2D eigenvalue weighted by Gasteiger charge is -2.20. The molecule has 0 bridgehead atoms. The Morgan fingerprint density at radius 3 is 2.66 bits per heavy atom. The van der Waals surface area contributed by atoms with E-state index in [1.807, 2.05) is 0 Å². The van der Waals surface area contributed by atoms with Crippen molar-refractivity contribution in [2.75, 3.05) is 26.3 Å². The van der Waals surface area contributed by atoms with Crippen molar-refractivity contribution < 1.29 is 27.1 Å². The van der Waals surface area contributed by atoms with Crippen molar-refractivity contribution in [2.24, 2.45) is 0 Å². The molecule has 6 nitrogen and oxygen atoms in total. The third-order valence-corrected chi connectivity index (χ3v) is 5.43. The van der Waals surface area contributed by atoms with Gasteiger partial charge in [0, 0.05) is 31.5 Å². The second-order valence-corrected chi connectivity index (χ2v) is 7.52. The van der Waals surface area contributed by atoms with Gasteiger partial charge in [-0.15, -0.1) is 0 Å². The summed E-state index contributed by atoms with van der Waals surface area (Å²) in [5.74, 6) is -1.34. The first-order valence-corrected chi connectivity index (χ1v) is 10.0. The number of hydrogen-bond donors (Lipinski definition) is 0. The van der Waals surface area contributed by atoms with Gasteiger partial charge in [-0.25, -0.2) is 9.37 Å². The molecule has 11 heteroatoms. The number of benzene rings is 1. The number of aromatic nitrogens is 2. The lowest BCUT2D eigenvalue weighted by atomic mass is 10.0. The molecule has 4 rings (SSSR count). The molecule has 0 aliphatic carbocycles. The third kappa shape index (κ3) is 4.07. The normalized spacial score (nSPS) is 15.1. The molecule has 3 heterocycles. The van der Waals surface area contributed by atoms with Crippen molar-refractivity contribution in [2.45, 2.75) is 12.6 Å². The maximum Gasteiger partial charge on any atom is 0.435 e. The number of rotatable bonds is 2. The summed E-state index contributed by atoms with van der Waals surface area (Å²) in [7, 11) is 0. The highest BCUT2D eigenvalue weighted by molar-refractivity contribution is 6.31. The van der Waals surface area contributed by atoms with Crippen LogP contribution in [0, 0.1) is 5.82 Å². The van der Waals surface area contributed by atoms with Crippen LogP contribution in [0.25, 0.3) is 16.8 Å². The molecule has 3 aromatic rings.